The number of rotatable bonds is 6. The van der Waals surface area contributed by atoms with E-state index in [0.717, 1.165) is 18.4 Å². The molecule has 1 aliphatic rings. The Morgan fingerprint density at radius 3 is 2.85 bits per heavy atom. The van der Waals surface area contributed by atoms with Gasteiger partial charge in [0.1, 0.15) is 6.04 Å². The number of urea groups is 1. The van der Waals surface area contributed by atoms with Gasteiger partial charge in [0, 0.05) is 18.5 Å². The van der Waals surface area contributed by atoms with Crippen molar-refractivity contribution in [2.24, 2.45) is 0 Å². The van der Waals surface area contributed by atoms with Crippen LogP contribution in [0.5, 0.6) is 0 Å². The zero-order valence-corrected chi connectivity index (χ0v) is 16.3. The van der Waals surface area contributed by atoms with Gasteiger partial charge in [0.05, 0.1) is 13.2 Å². The van der Waals surface area contributed by atoms with Gasteiger partial charge >= 0.3 is 6.03 Å². The van der Waals surface area contributed by atoms with Crippen molar-refractivity contribution in [2.75, 3.05) is 13.2 Å². The van der Waals surface area contributed by atoms with Crippen molar-refractivity contribution in [3.05, 3.63) is 47.6 Å². The number of ether oxygens (including phenoxy) is 1. The number of carbonyl (C=O) groups excluding carboxylic acids is 1. The standard InChI is InChI=1S/C20H28N4O3/c1-20(2,3)22-19(25)24-12-7-10-16(24)18-21-17(23-27-18)11-13-26-14-15-8-5-4-6-9-15/h4-6,8-9,16H,7,10-14H2,1-3H3,(H,22,25). The van der Waals surface area contributed by atoms with E-state index in [4.69, 9.17) is 9.26 Å². The molecule has 1 aromatic heterocycles. The van der Waals surface area contributed by atoms with Gasteiger partial charge in [-0.2, -0.15) is 4.98 Å². The molecule has 1 aliphatic heterocycles. The highest BCUT2D eigenvalue weighted by atomic mass is 16.5. The van der Waals surface area contributed by atoms with E-state index in [2.05, 4.69) is 15.5 Å². The molecule has 3 rings (SSSR count). The number of nitrogens with zero attached hydrogens (tertiary/aromatic N) is 3. The van der Waals surface area contributed by atoms with Crippen LogP contribution in [0.1, 0.15) is 56.9 Å². The molecule has 7 nitrogen and oxygen atoms in total. The van der Waals surface area contributed by atoms with Gasteiger partial charge in [-0.3, -0.25) is 0 Å². The van der Waals surface area contributed by atoms with Crippen molar-refractivity contribution in [3.8, 4) is 0 Å². The van der Waals surface area contributed by atoms with Crippen molar-refractivity contribution in [1.29, 1.82) is 0 Å². The van der Waals surface area contributed by atoms with Gasteiger partial charge in [-0.1, -0.05) is 35.5 Å². The topological polar surface area (TPSA) is 80.5 Å². The summed E-state index contributed by atoms with van der Waals surface area (Å²) in [5.41, 5.74) is 0.859. The molecular formula is C20H28N4O3. The summed E-state index contributed by atoms with van der Waals surface area (Å²) in [6, 6.07) is 9.79. The lowest BCUT2D eigenvalue weighted by Crippen LogP contribution is -2.48. The van der Waals surface area contributed by atoms with Crippen molar-refractivity contribution in [1.82, 2.24) is 20.4 Å². The lowest BCUT2D eigenvalue weighted by atomic mass is 10.1. The zero-order valence-electron chi connectivity index (χ0n) is 16.3. The predicted molar refractivity (Wildman–Crippen MR) is 101 cm³/mol. The molecule has 1 unspecified atom stereocenters. The van der Waals surface area contributed by atoms with Crippen molar-refractivity contribution in [3.63, 3.8) is 0 Å². The smallest absolute Gasteiger partial charge is 0.318 e. The van der Waals surface area contributed by atoms with E-state index in [1.165, 1.54) is 0 Å². The van der Waals surface area contributed by atoms with E-state index in [-0.39, 0.29) is 17.6 Å². The molecule has 27 heavy (non-hydrogen) atoms. The summed E-state index contributed by atoms with van der Waals surface area (Å²) in [4.78, 5) is 18.8. The third kappa shape index (κ3) is 5.53. The Kier molecular flexibility index (Phi) is 6.11. The number of nitrogens with one attached hydrogen (secondary N) is 1. The predicted octanol–water partition coefficient (Wildman–Crippen LogP) is 3.47. The lowest BCUT2D eigenvalue weighted by molar-refractivity contribution is 0.122. The molecule has 0 spiro atoms. The molecule has 1 atom stereocenters. The van der Waals surface area contributed by atoms with Gasteiger partial charge in [-0.05, 0) is 39.2 Å². The molecule has 0 radical (unpaired) electrons. The number of likely N-dealkylation sites (tertiary alicyclic amines) is 1. The number of benzene rings is 1. The normalized spacial score (nSPS) is 17.3. The summed E-state index contributed by atoms with van der Waals surface area (Å²) in [5.74, 6) is 1.12. The second kappa shape index (κ2) is 8.52. The van der Waals surface area contributed by atoms with Crippen molar-refractivity contribution >= 4 is 6.03 Å². The fraction of sp³-hybridized carbons (Fsp3) is 0.550. The van der Waals surface area contributed by atoms with E-state index in [9.17, 15) is 4.79 Å². The Hall–Kier alpha value is -2.41. The Morgan fingerprint density at radius 1 is 1.33 bits per heavy atom. The molecule has 0 saturated carbocycles. The minimum atomic E-state index is -0.277. The molecule has 146 valence electrons. The third-order valence-electron chi connectivity index (χ3n) is 4.35. The molecular weight excluding hydrogens is 344 g/mol. The number of amides is 2. The Morgan fingerprint density at radius 2 is 2.11 bits per heavy atom. The summed E-state index contributed by atoms with van der Waals surface area (Å²) in [6.07, 6.45) is 2.35. The molecule has 0 aliphatic carbocycles. The van der Waals surface area contributed by atoms with Crippen LogP contribution in [0.2, 0.25) is 0 Å². The van der Waals surface area contributed by atoms with E-state index < -0.39 is 0 Å². The average Bonchev–Trinajstić information content (AvgIpc) is 3.27. The molecule has 1 aromatic carbocycles. The minimum absolute atomic E-state index is 0.0871. The fourth-order valence-electron chi connectivity index (χ4n) is 3.09. The van der Waals surface area contributed by atoms with Crippen LogP contribution in [-0.4, -0.2) is 39.8 Å². The van der Waals surface area contributed by atoms with Crippen molar-refractivity contribution < 1.29 is 14.1 Å². The number of hydrogen-bond donors (Lipinski definition) is 1. The first-order chi connectivity index (χ1) is 12.9. The first-order valence-corrected chi connectivity index (χ1v) is 9.45. The second-order valence-electron chi connectivity index (χ2n) is 7.87. The summed E-state index contributed by atoms with van der Waals surface area (Å²) >= 11 is 0. The highest BCUT2D eigenvalue weighted by Gasteiger charge is 2.35. The average molecular weight is 372 g/mol. The zero-order chi connectivity index (χ0) is 19.3. The molecule has 1 fully saturated rings. The van der Waals surface area contributed by atoms with E-state index in [1.807, 2.05) is 51.1 Å². The summed E-state index contributed by atoms with van der Waals surface area (Å²) in [6.45, 7) is 7.69. The molecule has 2 aromatic rings. The fourth-order valence-corrected chi connectivity index (χ4v) is 3.09. The lowest BCUT2D eigenvalue weighted by Gasteiger charge is -2.28. The van der Waals surface area contributed by atoms with Crippen molar-refractivity contribution in [2.45, 2.75) is 58.2 Å². The highest BCUT2D eigenvalue weighted by Crippen LogP contribution is 2.31. The number of hydrogen-bond acceptors (Lipinski definition) is 5. The van der Waals surface area contributed by atoms with Crippen LogP contribution < -0.4 is 5.32 Å². The maximum atomic E-state index is 12.5. The van der Waals surface area contributed by atoms with Gasteiger partial charge in [-0.15, -0.1) is 0 Å². The maximum absolute atomic E-state index is 12.5. The van der Waals surface area contributed by atoms with Crippen LogP contribution in [0.3, 0.4) is 0 Å². The molecule has 1 saturated heterocycles. The van der Waals surface area contributed by atoms with Crippen LogP contribution in [0.25, 0.3) is 0 Å². The van der Waals surface area contributed by atoms with Crippen LogP contribution in [0, 0.1) is 0 Å². The number of carbonyl (C=O) groups is 1. The van der Waals surface area contributed by atoms with Gasteiger partial charge in [0.2, 0.25) is 5.89 Å². The SMILES string of the molecule is CC(C)(C)NC(=O)N1CCCC1c1nc(CCOCc2ccccc2)no1. The van der Waals surface area contributed by atoms with Crippen LogP contribution in [0.15, 0.2) is 34.9 Å². The second-order valence-corrected chi connectivity index (χ2v) is 7.87. The highest BCUT2D eigenvalue weighted by molar-refractivity contribution is 5.75. The van der Waals surface area contributed by atoms with Gasteiger partial charge in [-0.25, -0.2) is 4.79 Å². The van der Waals surface area contributed by atoms with Crippen LogP contribution in [0.4, 0.5) is 4.79 Å². The summed E-state index contributed by atoms with van der Waals surface area (Å²) < 4.78 is 11.1. The van der Waals surface area contributed by atoms with Crippen LogP contribution >= 0.6 is 0 Å². The summed E-state index contributed by atoms with van der Waals surface area (Å²) in [7, 11) is 0. The maximum Gasteiger partial charge on any atom is 0.318 e. The van der Waals surface area contributed by atoms with E-state index >= 15 is 0 Å². The Balaban J connectivity index is 1.51. The van der Waals surface area contributed by atoms with Gasteiger partial charge in [0.15, 0.2) is 5.82 Å². The third-order valence-corrected chi connectivity index (χ3v) is 4.35. The Labute approximate surface area is 160 Å². The van der Waals surface area contributed by atoms with E-state index in [0.29, 0.717) is 37.9 Å². The van der Waals surface area contributed by atoms with Gasteiger partial charge < -0.3 is 19.5 Å². The quantitative estimate of drug-likeness (QED) is 0.785. The van der Waals surface area contributed by atoms with Crippen LogP contribution in [-0.2, 0) is 17.8 Å². The largest absolute Gasteiger partial charge is 0.376 e. The van der Waals surface area contributed by atoms with Gasteiger partial charge in [0.25, 0.3) is 0 Å². The molecule has 1 N–H and O–H groups in total. The van der Waals surface area contributed by atoms with E-state index in [1.54, 1.807) is 4.90 Å². The molecule has 2 heterocycles. The monoisotopic (exact) mass is 372 g/mol. The number of aromatic nitrogens is 2. The molecule has 0 bridgehead atoms. The first-order valence-electron chi connectivity index (χ1n) is 9.45. The molecule has 7 heteroatoms. The first kappa shape index (κ1) is 19.4. The summed E-state index contributed by atoms with van der Waals surface area (Å²) in [5, 5.41) is 7.05. The minimum Gasteiger partial charge on any atom is -0.376 e. The Bertz CT molecular complexity index is 739. The molecule has 2 amide bonds.